The molecule has 0 fully saturated rings. The molecule has 0 aliphatic heterocycles. The molecule has 0 aliphatic carbocycles. The van der Waals surface area contributed by atoms with Crippen LogP contribution in [0.5, 0.6) is 0 Å². The highest BCUT2D eigenvalue weighted by atomic mass is 15.1. The molecular formula is C14H24N2. The summed E-state index contributed by atoms with van der Waals surface area (Å²) in [5, 5.41) is 0. The van der Waals surface area contributed by atoms with Crippen LogP contribution >= 0.6 is 0 Å². The first-order valence-corrected chi connectivity index (χ1v) is 5.84. The summed E-state index contributed by atoms with van der Waals surface area (Å²) < 4.78 is 0. The molecule has 1 rings (SSSR count). The van der Waals surface area contributed by atoms with E-state index in [0.29, 0.717) is 0 Å². The molecule has 2 nitrogen and oxygen atoms in total. The van der Waals surface area contributed by atoms with Crippen molar-refractivity contribution in [2.45, 2.75) is 33.7 Å². The van der Waals surface area contributed by atoms with Crippen molar-refractivity contribution in [3.05, 3.63) is 29.8 Å². The molecule has 2 N–H and O–H groups in total. The van der Waals surface area contributed by atoms with E-state index in [2.05, 4.69) is 63.9 Å². The van der Waals surface area contributed by atoms with Gasteiger partial charge in [0, 0.05) is 25.3 Å². The fraction of sp³-hybridized carbons (Fsp3) is 0.571. The molecule has 0 spiro atoms. The van der Waals surface area contributed by atoms with Gasteiger partial charge in [-0.05, 0) is 24.5 Å². The smallest absolute Gasteiger partial charge is 0.0364 e. The molecule has 90 valence electrons. The van der Waals surface area contributed by atoms with E-state index in [4.69, 9.17) is 5.73 Å². The zero-order valence-electron chi connectivity index (χ0n) is 11.1. The van der Waals surface area contributed by atoms with E-state index in [1.807, 2.05) is 0 Å². The van der Waals surface area contributed by atoms with Crippen LogP contribution in [0.1, 0.15) is 26.3 Å². The first-order chi connectivity index (χ1) is 7.30. The van der Waals surface area contributed by atoms with Crippen molar-refractivity contribution in [3.63, 3.8) is 0 Å². The number of aryl methyl sites for hydroxylation is 1. The van der Waals surface area contributed by atoms with Crippen molar-refractivity contribution in [1.29, 1.82) is 0 Å². The van der Waals surface area contributed by atoms with Crippen molar-refractivity contribution in [1.82, 2.24) is 0 Å². The minimum absolute atomic E-state index is 0.152. The molecule has 2 heteroatoms. The molecule has 0 aliphatic rings. The van der Waals surface area contributed by atoms with Crippen molar-refractivity contribution in [3.8, 4) is 0 Å². The lowest BCUT2D eigenvalue weighted by molar-refractivity contribution is 0.323. The maximum Gasteiger partial charge on any atom is 0.0364 e. The largest absolute Gasteiger partial charge is 0.373 e. The van der Waals surface area contributed by atoms with Crippen LogP contribution in [-0.4, -0.2) is 19.6 Å². The number of nitrogens with two attached hydrogens (primary N) is 1. The molecule has 1 aromatic rings. The predicted octanol–water partition coefficient (Wildman–Crippen LogP) is 2.80. The molecule has 0 saturated heterocycles. The Balaban J connectivity index is 2.65. The third-order valence-corrected chi connectivity index (χ3v) is 3.06. The van der Waals surface area contributed by atoms with E-state index in [0.717, 1.165) is 6.54 Å². The molecule has 0 heterocycles. The molecule has 0 amide bonds. The summed E-state index contributed by atoms with van der Waals surface area (Å²) in [6.07, 6.45) is 0. The second-order valence-corrected chi connectivity index (χ2v) is 5.69. The Hall–Kier alpha value is -1.02. The first kappa shape index (κ1) is 13.0. The van der Waals surface area contributed by atoms with Gasteiger partial charge in [-0.1, -0.05) is 38.5 Å². The summed E-state index contributed by atoms with van der Waals surface area (Å²) in [6.45, 7) is 9.53. The number of benzene rings is 1. The van der Waals surface area contributed by atoms with Crippen LogP contribution in [0.15, 0.2) is 24.3 Å². The maximum absolute atomic E-state index is 6.18. The molecule has 0 aromatic heterocycles. The molecule has 1 atom stereocenters. The van der Waals surface area contributed by atoms with Gasteiger partial charge in [0.1, 0.15) is 0 Å². The summed E-state index contributed by atoms with van der Waals surface area (Å²) >= 11 is 0. The van der Waals surface area contributed by atoms with Crippen LogP contribution in [0.3, 0.4) is 0 Å². The van der Waals surface area contributed by atoms with E-state index < -0.39 is 0 Å². The lowest BCUT2D eigenvalue weighted by Crippen LogP contribution is -2.44. The van der Waals surface area contributed by atoms with Gasteiger partial charge in [-0.15, -0.1) is 0 Å². The van der Waals surface area contributed by atoms with E-state index in [9.17, 15) is 0 Å². The van der Waals surface area contributed by atoms with Crippen LogP contribution in [0.2, 0.25) is 0 Å². The molecular weight excluding hydrogens is 196 g/mol. The summed E-state index contributed by atoms with van der Waals surface area (Å²) in [6, 6.07) is 8.73. The zero-order chi connectivity index (χ0) is 12.3. The standard InChI is InChI=1S/C14H24N2/c1-11-6-8-12(9-7-11)16(5)10-13(15)14(2,3)4/h6-9,13H,10,15H2,1-5H3. The SMILES string of the molecule is Cc1ccc(N(C)CC(N)C(C)(C)C)cc1. The van der Waals surface area contributed by atoms with Gasteiger partial charge in [-0.3, -0.25) is 0 Å². The Morgan fingerprint density at radius 1 is 1.19 bits per heavy atom. The van der Waals surface area contributed by atoms with Gasteiger partial charge in [0.05, 0.1) is 0 Å². The lowest BCUT2D eigenvalue weighted by atomic mass is 9.87. The number of hydrogen-bond acceptors (Lipinski definition) is 2. The Bertz CT molecular complexity index is 322. The zero-order valence-corrected chi connectivity index (χ0v) is 11.1. The third-order valence-electron chi connectivity index (χ3n) is 3.06. The van der Waals surface area contributed by atoms with Gasteiger partial charge in [0.2, 0.25) is 0 Å². The molecule has 0 radical (unpaired) electrons. The highest BCUT2D eigenvalue weighted by molar-refractivity contribution is 5.46. The van der Waals surface area contributed by atoms with E-state index in [-0.39, 0.29) is 11.5 Å². The second kappa shape index (κ2) is 4.88. The quantitative estimate of drug-likeness (QED) is 0.848. The minimum Gasteiger partial charge on any atom is -0.373 e. The average molecular weight is 220 g/mol. The van der Waals surface area contributed by atoms with Crippen molar-refractivity contribution < 1.29 is 0 Å². The van der Waals surface area contributed by atoms with Crippen LogP contribution in [0.4, 0.5) is 5.69 Å². The van der Waals surface area contributed by atoms with Gasteiger partial charge in [-0.25, -0.2) is 0 Å². The van der Waals surface area contributed by atoms with Crippen molar-refractivity contribution >= 4 is 5.69 Å². The molecule has 0 saturated carbocycles. The highest BCUT2D eigenvalue weighted by Crippen LogP contribution is 2.20. The maximum atomic E-state index is 6.18. The first-order valence-electron chi connectivity index (χ1n) is 5.84. The second-order valence-electron chi connectivity index (χ2n) is 5.69. The Morgan fingerprint density at radius 3 is 2.12 bits per heavy atom. The summed E-state index contributed by atoms with van der Waals surface area (Å²) in [5.74, 6) is 0. The van der Waals surface area contributed by atoms with E-state index in [1.165, 1.54) is 11.3 Å². The number of hydrogen-bond donors (Lipinski definition) is 1. The monoisotopic (exact) mass is 220 g/mol. The molecule has 0 bridgehead atoms. The van der Waals surface area contributed by atoms with E-state index >= 15 is 0 Å². The van der Waals surface area contributed by atoms with Gasteiger partial charge >= 0.3 is 0 Å². The van der Waals surface area contributed by atoms with Gasteiger partial charge < -0.3 is 10.6 Å². The summed E-state index contributed by atoms with van der Waals surface area (Å²) in [5.41, 5.74) is 8.85. The van der Waals surface area contributed by atoms with E-state index in [1.54, 1.807) is 0 Å². The normalized spacial score (nSPS) is 13.6. The number of likely N-dealkylation sites (N-methyl/N-ethyl adjacent to an activating group) is 1. The van der Waals surface area contributed by atoms with Crippen molar-refractivity contribution in [2.75, 3.05) is 18.5 Å². The predicted molar refractivity (Wildman–Crippen MR) is 71.9 cm³/mol. The minimum atomic E-state index is 0.152. The molecule has 1 unspecified atom stereocenters. The molecule has 1 aromatic carbocycles. The van der Waals surface area contributed by atoms with Gasteiger partial charge in [0.25, 0.3) is 0 Å². The molecule has 16 heavy (non-hydrogen) atoms. The fourth-order valence-electron chi connectivity index (χ4n) is 1.47. The Morgan fingerprint density at radius 2 is 1.69 bits per heavy atom. The number of rotatable bonds is 3. The highest BCUT2D eigenvalue weighted by Gasteiger charge is 2.21. The Labute approximate surface area is 99.5 Å². The van der Waals surface area contributed by atoms with Gasteiger partial charge in [-0.2, -0.15) is 0 Å². The van der Waals surface area contributed by atoms with Crippen LogP contribution in [0.25, 0.3) is 0 Å². The Kier molecular flexibility index (Phi) is 3.98. The lowest BCUT2D eigenvalue weighted by Gasteiger charge is -2.32. The average Bonchev–Trinajstić information content (AvgIpc) is 2.17. The summed E-state index contributed by atoms with van der Waals surface area (Å²) in [4.78, 5) is 2.22. The number of nitrogens with zero attached hydrogens (tertiary/aromatic N) is 1. The van der Waals surface area contributed by atoms with Crippen LogP contribution < -0.4 is 10.6 Å². The van der Waals surface area contributed by atoms with Crippen molar-refractivity contribution in [2.24, 2.45) is 11.1 Å². The third kappa shape index (κ3) is 3.53. The summed E-state index contributed by atoms with van der Waals surface area (Å²) in [7, 11) is 2.09. The number of anilines is 1. The van der Waals surface area contributed by atoms with Crippen LogP contribution in [0, 0.1) is 12.3 Å². The van der Waals surface area contributed by atoms with Crippen LogP contribution in [-0.2, 0) is 0 Å². The van der Waals surface area contributed by atoms with Gasteiger partial charge in [0.15, 0.2) is 0 Å². The fourth-order valence-corrected chi connectivity index (χ4v) is 1.47. The topological polar surface area (TPSA) is 29.3 Å².